The lowest BCUT2D eigenvalue weighted by Crippen LogP contribution is -2.09. The van der Waals surface area contributed by atoms with E-state index in [9.17, 15) is 5.26 Å². The van der Waals surface area contributed by atoms with Crippen LogP contribution in [0.15, 0.2) is 84.0 Å². The Morgan fingerprint density at radius 3 is 2.38 bits per heavy atom. The molecule has 0 saturated heterocycles. The first-order valence-electron chi connectivity index (χ1n) is 10.1. The van der Waals surface area contributed by atoms with Crippen LogP contribution in [-0.4, -0.2) is 27.1 Å². The van der Waals surface area contributed by atoms with Crippen LogP contribution in [0.3, 0.4) is 0 Å². The summed E-state index contributed by atoms with van der Waals surface area (Å²) >= 11 is 1.34. The zero-order chi connectivity index (χ0) is 22.3. The van der Waals surface area contributed by atoms with Crippen LogP contribution in [0.1, 0.15) is 12.7 Å². The molecule has 3 aromatic carbocycles. The van der Waals surface area contributed by atoms with Crippen LogP contribution in [0.4, 0.5) is 0 Å². The molecule has 0 bridgehead atoms. The second-order valence-electron chi connectivity index (χ2n) is 6.95. The lowest BCUT2D eigenvalue weighted by Gasteiger charge is -2.15. The monoisotopic (exact) mass is 442 g/mol. The highest BCUT2D eigenvalue weighted by atomic mass is 32.2. The molecule has 1 aromatic heterocycles. The van der Waals surface area contributed by atoms with Gasteiger partial charge in [-0.15, -0.1) is 10.2 Å². The summed E-state index contributed by atoms with van der Waals surface area (Å²) in [5.74, 6) is 2.06. The highest BCUT2D eigenvalue weighted by molar-refractivity contribution is 8.00. The number of hydrogen-bond donors (Lipinski definition) is 0. The van der Waals surface area contributed by atoms with Gasteiger partial charge in [0.05, 0.1) is 24.1 Å². The Kier molecular flexibility index (Phi) is 6.73. The van der Waals surface area contributed by atoms with Crippen molar-refractivity contribution < 1.29 is 9.47 Å². The maximum Gasteiger partial charge on any atom is 0.197 e. The first kappa shape index (κ1) is 21.5. The van der Waals surface area contributed by atoms with Crippen LogP contribution < -0.4 is 9.47 Å². The van der Waals surface area contributed by atoms with Crippen LogP contribution in [-0.2, 0) is 6.61 Å². The number of methoxy groups -OCH3 is 1. The Labute approximate surface area is 191 Å². The second-order valence-corrected chi connectivity index (χ2v) is 8.25. The quantitative estimate of drug-likeness (QED) is 0.334. The average molecular weight is 443 g/mol. The summed E-state index contributed by atoms with van der Waals surface area (Å²) in [7, 11) is 1.63. The molecular weight excluding hydrogens is 420 g/mol. The molecule has 0 radical (unpaired) electrons. The SMILES string of the molecule is COc1ccccc1-n1c(COc2ccccc2-c2ccccc2)nnc1S[C@H](C)C#N. The molecule has 0 N–H and O–H groups in total. The molecule has 1 atom stereocenters. The number of nitriles is 1. The number of hydrogen-bond acceptors (Lipinski definition) is 6. The van der Waals surface area contributed by atoms with E-state index in [1.54, 1.807) is 7.11 Å². The molecule has 0 spiro atoms. The average Bonchev–Trinajstić information content (AvgIpc) is 3.25. The van der Waals surface area contributed by atoms with Gasteiger partial charge >= 0.3 is 0 Å². The van der Waals surface area contributed by atoms with Crippen LogP contribution in [0, 0.1) is 11.3 Å². The van der Waals surface area contributed by atoms with Gasteiger partial charge in [0.2, 0.25) is 0 Å². The maximum absolute atomic E-state index is 9.28. The predicted octanol–water partition coefficient (Wildman–Crippen LogP) is 5.53. The van der Waals surface area contributed by atoms with E-state index in [0.717, 1.165) is 22.6 Å². The lowest BCUT2D eigenvalue weighted by molar-refractivity contribution is 0.293. The molecule has 4 rings (SSSR count). The van der Waals surface area contributed by atoms with Crippen molar-refractivity contribution in [1.82, 2.24) is 14.8 Å². The first-order valence-corrected chi connectivity index (χ1v) is 11.0. The fourth-order valence-corrected chi connectivity index (χ4v) is 4.07. The van der Waals surface area contributed by atoms with E-state index in [-0.39, 0.29) is 11.9 Å². The smallest absolute Gasteiger partial charge is 0.197 e. The van der Waals surface area contributed by atoms with E-state index in [0.29, 0.717) is 16.7 Å². The van der Waals surface area contributed by atoms with E-state index in [4.69, 9.17) is 9.47 Å². The number of aromatic nitrogens is 3. The molecule has 4 aromatic rings. The summed E-state index contributed by atoms with van der Waals surface area (Å²) in [6.45, 7) is 2.04. The molecule has 7 heteroatoms. The third-order valence-corrected chi connectivity index (χ3v) is 5.75. The molecule has 160 valence electrons. The van der Waals surface area contributed by atoms with Crippen molar-refractivity contribution in [2.45, 2.75) is 23.9 Å². The highest BCUT2D eigenvalue weighted by Crippen LogP contribution is 2.33. The normalized spacial score (nSPS) is 11.5. The molecule has 32 heavy (non-hydrogen) atoms. The first-order chi connectivity index (χ1) is 15.7. The summed E-state index contributed by atoms with van der Waals surface area (Å²) in [4.78, 5) is 0. The molecule has 0 aliphatic rings. The van der Waals surface area contributed by atoms with Gasteiger partial charge in [-0.25, -0.2) is 0 Å². The van der Waals surface area contributed by atoms with Crippen LogP contribution in [0.25, 0.3) is 16.8 Å². The van der Waals surface area contributed by atoms with Gasteiger partial charge in [0.1, 0.15) is 18.1 Å². The van der Waals surface area contributed by atoms with E-state index < -0.39 is 0 Å². The van der Waals surface area contributed by atoms with Gasteiger partial charge in [-0.2, -0.15) is 5.26 Å². The molecule has 0 aliphatic heterocycles. The van der Waals surface area contributed by atoms with Crippen molar-refractivity contribution in [2.75, 3.05) is 7.11 Å². The molecule has 0 amide bonds. The summed E-state index contributed by atoms with van der Waals surface area (Å²) in [5, 5.41) is 18.3. The topological polar surface area (TPSA) is 73.0 Å². The lowest BCUT2D eigenvalue weighted by atomic mass is 10.1. The van der Waals surface area contributed by atoms with Crippen molar-refractivity contribution in [2.24, 2.45) is 0 Å². The van der Waals surface area contributed by atoms with Crippen molar-refractivity contribution in [1.29, 1.82) is 5.26 Å². The summed E-state index contributed by atoms with van der Waals surface area (Å²) in [5.41, 5.74) is 2.88. The number of para-hydroxylation sites is 3. The zero-order valence-electron chi connectivity index (χ0n) is 17.8. The molecule has 0 fully saturated rings. The third-order valence-electron chi connectivity index (χ3n) is 4.82. The fraction of sp³-hybridized carbons (Fsp3) is 0.160. The number of nitrogens with zero attached hydrogens (tertiary/aromatic N) is 4. The van der Waals surface area contributed by atoms with Gasteiger partial charge in [-0.3, -0.25) is 4.57 Å². The predicted molar refractivity (Wildman–Crippen MR) is 125 cm³/mol. The minimum atomic E-state index is -0.278. The zero-order valence-corrected chi connectivity index (χ0v) is 18.6. The highest BCUT2D eigenvalue weighted by Gasteiger charge is 2.20. The van der Waals surface area contributed by atoms with E-state index in [1.807, 2.05) is 78.2 Å². The van der Waals surface area contributed by atoms with Crippen LogP contribution >= 0.6 is 11.8 Å². The fourth-order valence-electron chi connectivity index (χ4n) is 3.30. The maximum atomic E-state index is 9.28. The Morgan fingerprint density at radius 1 is 0.938 bits per heavy atom. The molecule has 0 saturated carbocycles. The van der Waals surface area contributed by atoms with Gasteiger partial charge in [0.25, 0.3) is 0 Å². The summed E-state index contributed by atoms with van der Waals surface area (Å²) in [6, 6.07) is 27.9. The van der Waals surface area contributed by atoms with E-state index in [1.165, 1.54) is 11.8 Å². The largest absolute Gasteiger partial charge is 0.495 e. The number of thioether (sulfide) groups is 1. The Balaban J connectivity index is 1.69. The minimum absolute atomic E-state index is 0.205. The van der Waals surface area contributed by atoms with Gasteiger partial charge in [-0.1, -0.05) is 72.4 Å². The van der Waals surface area contributed by atoms with Gasteiger partial charge < -0.3 is 9.47 Å². The number of rotatable bonds is 8. The van der Waals surface area contributed by atoms with E-state index >= 15 is 0 Å². The summed E-state index contributed by atoms with van der Waals surface area (Å²) < 4.78 is 13.7. The second kappa shape index (κ2) is 10.0. The molecule has 1 heterocycles. The number of benzene rings is 3. The summed E-state index contributed by atoms with van der Waals surface area (Å²) in [6.07, 6.45) is 0. The molecule has 0 aliphatic carbocycles. The van der Waals surface area contributed by atoms with E-state index in [2.05, 4.69) is 28.4 Å². The minimum Gasteiger partial charge on any atom is -0.495 e. The Morgan fingerprint density at radius 2 is 1.62 bits per heavy atom. The van der Waals surface area contributed by atoms with Gasteiger partial charge in [0.15, 0.2) is 11.0 Å². The van der Waals surface area contributed by atoms with Crippen LogP contribution in [0.5, 0.6) is 11.5 Å². The number of ether oxygens (including phenoxy) is 2. The Hall–Kier alpha value is -3.76. The standard InChI is InChI=1S/C25H22N4O2S/c1-18(16-26)32-25-28-27-24(29(25)21-13-7-9-15-23(21)30-2)17-31-22-14-8-6-12-20(22)19-10-4-3-5-11-19/h3-15,18H,17H2,1-2H3/t18-/m1/s1. The molecule has 0 unspecified atom stereocenters. The van der Waals surface area contributed by atoms with Crippen molar-refractivity contribution in [3.63, 3.8) is 0 Å². The van der Waals surface area contributed by atoms with Crippen LogP contribution in [0.2, 0.25) is 0 Å². The Bertz CT molecular complexity index is 1230. The van der Waals surface area contributed by atoms with Gasteiger partial charge in [-0.05, 0) is 30.7 Å². The third kappa shape index (κ3) is 4.61. The molecular formula is C25H22N4O2S. The van der Waals surface area contributed by atoms with Crippen molar-refractivity contribution >= 4 is 11.8 Å². The van der Waals surface area contributed by atoms with Crippen molar-refractivity contribution in [3.8, 4) is 34.4 Å². The van der Waals surface area contributed by atoms with Gasteiger partial charge in [0, 0.05) is 5.56 Å². The van der Waals surface area contributed by atoms with Crippen molar-refractivity contribution in [3.05, 3.63) is 84.7 Å². The molecule has 6 nitrogen and oxygen atoms in total.